The monoisotopic (exact) mass is 432 g/mol. The third-order valence-electron chi connectivity index (χ3n) is 6.50. The molecule has 1 unspecified atom stereocenters. The molecule has 1 N–H and O–H groups in total. The van der Waals surface area contributed by atoms with Gasteiger partial charge in [0.1, 0.15) is 11.5 Å². The van der Waals surface area contributed by atoms with Gasteiger partial charge >= 0.3 is 0 Å². The van der Waals surface area contributed by atoms with E-state index >= 15 is 0 Å². The smallest absolute Gasteiger partial charge is 0.240 e. The van der Waals surface area contributed by atoms with Crippen LogP contribution in [0.3, 0.4) is 0 Å². The number of ether oxygens (including phenoxy) is 2. The Hall–Kier alpha value is -4.05. The number of para-hydroxylation sites is 2. The Kier molecular flexibility index (Phi) is 4.47. The van der Waals surface area contributed by atoms with E-state index in [1.807, 2.05) is 54.6 Å². The summed E-state index contributed by atoms with van der Waals surface area (Å²) in [5.41, 5.74) is 9.42. The highest BCUT2D eigenvalue weighted by molar-refractivity contribution is 5.96. The van der Waals surface area contributed by atoms with Crippen molar-refractivity contribution in [1.29, 1.82) is 0 Å². The summed E-state index contributed by atoms with van der Waals surface area (Å²) >= 11 is 0. The predicted molar refractivity (Wildman–Crippen MR) is 130 cm³/mol. The second kappa shape index (κ2) is 7.52. The first kappa shape index (κ1) is 19.6. The van der Waals surface area contributed by atoms with Gasteiger partial charge in [0.25, 0.3) is 0 Å². The van der Waals surface area contributed by atoms with Crippen molar-refractivity contribution < 1.29 is 9.47 Å². The molecule has 33 heavy (non-hydrogen) atoms. The molecule has 4 aromatic carbocycles. The Morgan fingerprint density at radius 2 is 1.48 bits per heavy atom. The quantitative estimate of drug-likeness (QED) is 0.389. The standard InChI is InChI=1S/C29H24N2O2/c1-29(2)23-15-6-7-17-25(23)32-26-22(14-9-16-24(26)29)20-12-8-13-21(18-20)28-31-30-27(33-28)19-10-4-3-5-11-19/h3-18,27,30H,1-2H3. The zero-order valence-electron chi connectivity index (χ0n) is 18.6. The van der Waals surface area contributed by atoms with E-state index in [0.717, 1.165) is 33.8 Å². The summed E-state index contributed by atoms with van der Waals surface area (Å²) in [5.74, 6) is 2.41. The van der Waals surface area contributed by atoms with E-state index in [2.05, 4.69) is 66.8 Å². The fourth-order valence-corrected chi connectivity index (χ4v) is 4.70. The topological polar surface area (TPSA) is 42.8 Å². The van der Waals surface area contributed by atoms with Crippen molar-refractivity contribution in [2.45, 2.75) is 25.5 Å². The summed E-state index contributed by atoms with van der Waals surface area (Å²) in [6.07, 6.45) is -0.282. The first-order valence-electron chi connectivity index (χ1n) is 11.2. The number of hydrogen-bond donors (Lipinski definition) is 1. The van der Waals surface area contributed by atoms with Gasteiger partial charge in [-0.15, -0.1) is 5.10 Å². The SMILES string of the molecule is CC1(C)c2ccccc2Oc2c(-c3cccc(C4=NNC(c5ccccc5)O4)c3)cccc21. The molecule has 4 aromatic rings. The average molecular weight is 433 g/mol. The van der Waals surface area contributed by atoms with Gasteiger partial charge < -0.3 is 9.47 Å². The largest absolute Gasteiger partial charge is 0.456 e. The molecule has 4 nitrogen and oxygen atoms in total. The van der Waals surface area contributed by atoms with E-state index in [0.29, 0.717) is 5.90 Å². The number of rotatable bonds is 3. The second-order valence-electron chi connectivity index (χ2n) is 8.94. The highest BCUT2D eigenvalue weighted by Gasteiger charge is 2.35. The van der Waals surface area contributed by atoms with Crippen molar-refractivity contribution in [2.75, 3.05) is 0 Å². The number of hydrazone groups is 1. The zero-order chi connectivity index (χ0) is 22.4. The molecule has 0 saturated heterocycles. The van der Waals surface area contributed by atoms with E-state index in [1.165, 1.54) is 11.1 Å². The summed E-state index contributed by atoms with van der Waals surface area (Å²) in [6.45, 7) is 4.51. The van der Waals surface area contributed by atoms with Gasteiger partial charge in [-0.25, -0.2) is 0 Å². The van der Waals surface area contributed by atoms with E-state index in [-0.39, 0.29) is 11.6 Å². The molecule has 0 aromatic heterocycles. The summed E-state index contributed by atoms with van der Waals surface area (Å²) in [5, 5.41) is 4.45. The summed E-state index contributed by atoms with van der Waals surface area (Å²) in [6, 6.07) is 33.0. The number of nitrogens with zero attached hydrogens (tertiary/aromatic N) is 1. The molecule has 0 fully saturated rings. The third kappa shape index (κ3) is 3.26. The van der Waals surface area contributed by atoms with Crippen molar-refractivity contribution in [3.8, 4) is 22.6 Å². The lowest BCUT2D eigenvalue weighted by molar-refractivity contribution is 0.192. The molecule has 0 radical (unpaired) electrons. The Morgan fingerprint density at radius 1 is 0.758 bits per heavy atom. The van der Waals surface area contributed by atoms with E-state index in [1.54, 1.807) is 0 Å². The van der Waals surface area contributed by atoms with Gasteiger partial charge in [-0.05, 0) is 23.8 Å². The van der Waals surface area contributed by atoms with Crippen LogP contribution in [0.4, 0.5) is 0 Å². The van der Waals surface area contributed by atoms with Crippen LogP contribution < -0.4 is 10.2 Å². The lowest BCUT2D eigenvalue weighted by Gasteiger charge is -2.35. The number of hydrogen-bond acceptors (Lipinski definition) is 4. The highest BCUT2D eigenvalue weighted by Crippen LogP contribution is 2.51. The summed E-state index contributed by atoms with van der Waals surface area (Å²) in [7, 11) is 0. The first-order chi connectivity index (χ1) is 16.1. The third-order valence-corrected chi connectivity index (χ3v) is 6.50. The van der Waals surface area contributed by atoms with Gasteiger partial charge in [0.15, 0.2) is 0 Å². The molecule has 1 atom stereocenters. The van der Waals surface area contributed by atoms with Crippen LogP contribution in [0.5, 0.6) is 11.5 Å². The normalized spacial score (nSPS) is 17.6. The van der Waals surface area contributed by atoms with Crippen LogP contribution in [-0.4, -0.2) is 5.90 Å². The number of nitrogens with one attached hydrogen (secondary N) is 1. The fourth-order valence-electron chi connectivity index (χ4n) is 4.70. The zero-order valence-corrected chi connectivity index (χ0v) is 18.6. The molecule has 6 rings (SSSR count). The molecule has 162 valence electrons. The van der Waals surface area contributed by atoms with Crippen LogP contribution in [0.25, 0.3) is 11.1 Å². The van der Waals surface area contributed by atoms with Crippen LogP contribution in [0.15, 0.2) is 102 Å². The van der Waals surface area contributed by atoms with Gasteiger partial charge in [0.2, 0.25) is 12.1 Å². The summed E-state index contributed by atoms with van der Waals surface area (Å²) in [4.78, 5) is 0. The molecule has 0 amide bonds. The van der Waals surface area contributed by atoms with Gasteiger partial charge in [-0.3, -0.25) is 5.43 Å². The lowest BCUT2D eigenvalue weighted by Crippen LogP contribution is -2.24. The minimum absolute atomic E-state index is 0.150. The van der Waals surface area contributed by atoms with Crippen molar-refractivity contribution in [3.05, 3.63) is 119 Å². The lowest BCUT2D eigenvalue weighted by atomic mass is 9.75. The molecule has 2 aliphatic rings. The van der Waals surface area contributed by atoms with Crippen molar-refractivity contribution in [1.82, 2.24) is 5.43 Å². The molecular weight excluding hydrogens is 408 g/mol. The van der Waals surface area contributed by atoms with Crippen molar-refractivity contribution in [3.63, 3.8) is 0 Å². The van der Waals surface area contributed by atoms with E-state index in [4.69, 9.17) is 9.47 Å². The van der Waals surface area contributed by atoms with Crippen molar-refractivity contribution >= 4 is 5.90 Å². The maximum absolute atomic E-state index is 6.47. The van der Waals surface area contributed by atoms with Gasteiger partial charge in [-0.1, -0.05) is 92.7 Å². The Morgan fingerprint density at radius 3 is 2.36 bits per heavy atom. The summed E-state index contributed by atoms with van der Waals surface area (Å²) < 4.78 is 12.6. The molecule has 0 spiro atoms. The van der Waals surface area contributed by atoms with Gasteiger partial charge in [-0.2, -0.15) is 0 Å². The molecule has 2 heterocycles. The molecule has 0 aliphatic carbocycles. The van der Waals surface area contributed by atoms with Gasteiger partial charge in [0.05, 0.1) is 0 Å². The van der Waals surface area contributed by atoms with E-state index in [9.17, 15) is 0 Å². The molecule has 2 aliphatic heterocycles. The maximum atomic E-state index is 6.47. The molecule has 0 bridgehead atoms. The maximum Gasteiger partial charge on any atom is 0.240 e. The fraction of sp³-hybridized carbons (Fsp3) is 0.138. The predicted octanol–water partition coefficient (Wildman–Crippen LogP) is 6.77. The number of fused-ring (bicyclic) bond motifs is 2. The second-order valence-corrected chi connectivity index (χ2v) is 8.94. The molecular formula is C29H24N2O2. The van der Waals surface area contributed by atoms with Crippen LogP contribution in [-0.2, 0) is 10.2 Å². The Balaban J connectivity index is 1.36. The molecule has 4 heteroatoms. The van der Waals surface area contributed by atoms with Crippen LogP contribution in [0.1, 0.15) is 42.3 Å². The van der Waals surface area contributed by atoms with E-state index < -0.39 is 0 Å². The van der Waals surface area contributed by atoms with Crippen LogP contribution in [0.2, 0.25) is 0 Å². The van der Waals surface area contributed by atoms with Crippen LogP contribution >= 0.6 is 0 Å². The number of benzene rings is 4. The Bertz CT molecular complexity index is 1380. The molecule has 0 saturated carbocycles. The average Bonchev–Trinajstić information content (AvgIpc) is 3.35. The Labute approximate surface area is 193 Å². The minimum Gasteiger partial charge on any atom is -0.456 e. The first-order valence-corrected chi connectivity index (χ1v) is 11.2. The van der Waals surface area contributed by atoms with Gasteiger partial charge in [0, 0.05) is 33.2 Å². The minimum atomic E-state index is -0.282. The van der Waals surface area contributed by atoms with Crippen LogP contribution in [0, 0.1) is 0 Å². The highest BCUT2D eigenvalue weighted by atomic mass is 16.5. The van der Waals surface area contributed by atoms with Crippen molar-refractivity contribution in [2.24, 2.45) is 5.10 Å².